The molecule has 0 unspecified atom stereocenters. The Morgan fingerprint density at radius 1 is 1.21 bits per heavy atom. The van der Waals surface area contributed by atoms with E-state index in [1.807, 2.05) is 0 Å². The SMILES string of the molecule is COc1c(F)cccc1C(=O)Nc1cc(C(=O)N2CCNC(=O)CC2)ccc1C. The number of hydrogen-bond acceptors (Lipinski definition) is 4. The molecule has 3 rings (SSSR count). The smallest absolute Gasteiger partial charge is 0.259 e. The highest BCUT2D eigenvalue weighted by Crippen LogP contribution is 2.25. The topological polar surface area (TPSA) is 87.7 Å². The van der Waals surface area contributed by atoms with E-state index in [9.17, 15) is 18.8 Å². The van der Waals surface area contributed by atoms with Crippen molar-refractivity contribution in [1.29, 1.82) is 0 Å². The number of nitrogens with one attached hydrogen (secondary N) is 2. The molecule has 3 amide bonds. The second-order valence-corrected chi connectivity index (χ2v) is 6.70. The highest BCUT2D eigenvalue weighted by molar-refractivity contribution is 6.07. The minimum atomic E-state index is -0.634. The Kier molecular flexibility index (Phi) is 6.11. The molecule has 0 aromatic heterocycles. The summed E-state index contributed by atoms with van der Waals surface area (Å²) in [5.41, 5.74) is 1.64. The van der Waals surface area contributed by atoms with Gasteiger partial charge in [0.2, 0.25) is 5.91 Å². The van der Waals surface area contributed by atoms with Gasteiger partial charge in [-0.05, 0) is 36.8 Å². The van der Waals surface area contributed by atoms with Crippen LogP contribution in [0.1, 0.15) is 32.7 Å². The number of amides is 3. The summed E-state index contributed by atoms with van der Waals surface area (Å²) < 4.78 is 18.9. The maximum absolute atomic E-state index is 13.9. The van der Waals surface area contributed by atoms with Crippen LogP contribution >= 0.6 is 0 Å². The Morgan fingerprint density at radius 3 is 2.76 bits per heavy atom. The lowest BCUT2D eigenvalue weighted by Crippen LogP contribution is -2.34. The van der Waals surface area contributed by atoms with Crippen molar-refractivity contribution >= 4 is 23.4 Å². The van der Waals surface area contributed by atoms with Crippen LogP contribution in [0.5, 0.6) is 5.75 Å². The Bertz CT molecular complexity index is 961. The average Bonchev–Trinajstić information content (AvgIpc) is 2.93. The van der Waals surface area contributed by atoms with Crippen molar-refractivity contribution in [3.05, 3.63) is 58.9 Å². The summed E-state index contributed by atoms with van der Waals surface area (Å²) in [6, 6.07) is 9.09. The number of methoxy groups -OCH3 is 1. The summed E-state index contributed by atoms with van der Waals surface area (Å²) in [7, 11) is 1.29. The Labute approximate surface area is 167 Å². The molecule has 152 valence electrons. The van der Waals surface area contributed by atoms with Gasteiger partial charge in [0.05, 0.1) is 12.7 Å². The zero-order valence-electron chi connectivity index (χ0n) is 16.3. The molecule has 7 nitrogen and oxygen atoms in total. The molecule has 0 bridgehead atoms. The predicted octanol–water partition coefficient (Wildman–Crippen LogP) is 2.36. The van der Waals surface area contributed by atoms with Crippen molar-refractivity contribution in [2.75, 3.05) is 32.1 Å². The zero-order chi connectivity index (χ0) is 21.0. The van der Waals surface area contributed by atoms with Gasteiger partial charge >= 0.3 is 0 Å². The summed E-state index contributed by atoms with van der Waals surface area (Å²) >= 11 is 0. The first kappa shape index (κ1) is 20.3. The fourth-order valence-electron chi connectivity index (χ4n) is 3.13. The molecule has 29 heavy (non-hydrogen) atoms. The minimum absolute atomic E-state index is 0.0562. The van der Waals surface area contributed by atoms with Crippen molar-refractivity contribution in [2.24, 2.45) is 0 Å². The van der Waals surface area contributed by atoms with E-state index in [4.69, 9.17) is 4.74 Å². The molecule has 1 saturated heterocycles. The predicted molar refractivity (Wildman–Crippen MR) is 106 cm³/mol. The van der Waals surface area contributed by atoms with Crippen LogP contribution in [0.4, 0.5) is 10.1 Å². The number of halogens is 1. The third-order valence-corrected chi connectivity index (χ3v) is 4.75. The average molecular weight is 399 g/mol. The van der Waals surface area contributed by atoms with E-state index in [2.05, 4.69) is 10.6 Å². The molecule has 2 aromatic carbocycles. The monoisotopic (exact) mass is 399 g/mol. The first-order chi connectivity index (χ1) is 13.9. The van der Waals surface area contributed by atoms with Gasteiger partial charge in [-0.2, -0.15) is 0 Å². The normalized spacial score (nSPS) is 14.0. The zero-order valence-corrected chi connectivity index (χ0v) is 16.3. The van der Waals surface area contributed by atoms with Crippen molar-refractivity contribution in [2.45, 2.75) is 13.3 Å². The van der Waals surface area contributed by atoms with Gasteiger partial charge in [0, 0.05) is 37.3 Å². The number of aryl methyl sites for hydroxylation is 1. The van der Waals surface area contributed by atoms with Crippen molar-refractivity contribution in [3.63, 3.8) is 0 Å². The summed E-state index contributed by atoms with van der Waals surface area (Å²) in [5.74, 6) is -1.62. The number of anilines is 1. The van der Waals surface area contributed by atoms with E-state index < -0.39 is 11.7 Å². The Balaban J connectivity index is 1.82. The van der Waals surface area contributed by atoms with Crippen molar-refractivity contribution < 1.29 is 23.5 Å². The molecule has 0 aliphatic carbocycles. The fourth-order valence-corrected chi connectivity index (χ4v) is 3.13. The van der Waals surface area contributed by atoms with E-state index >= 15 is 0 Å². The summed E-state index contributed by atoms with van der Waals surface area (Å²) in [5, 5.41) is 5.45. The molecule has 1 heterocycles. The number of carbonyl (C=O) groups excluding carboxylic acids is 3. The molecule has 2 N–H and O–H groups in total. The van der Waals surface area contributed by atoms with Gasteiger partial charge in [0.1, 0.15) is 0 Å². The highest BCUT2D eigenvalue weighted by atomic mass is 19.1. The van der Waals surface area contributed by atoms with Gasteiger partial charge < -0.3 is 20.3 Å². The van der Waals surface area contributed by atoms with Gasteiger partial charge in [0.15, 0.2) is 11.6 Å². The quantitative estimate of drug-likeness (QED) is 0.826. The first-order valence-corrected chi connectivity index (χ1v) is 9.21. The number of benzene rings is 2. The number of para-hydroxylation sites is 1. The molecule has 0 atom stereocenters. The van der Waals surface area contributed by atoms with Gasteiger partial charge in [-0.1, -0.05) is 12.1 Å². The van der Waals surface area contributed by atoms with Gasteiger partial charge in [-0.25, -0.2) is 4.39 Å². The van der Waals surface area contributed by atoms with Crippen LogP contribution in [0.15, 0.2) is 36.4 Å². The number of nitrogens with zero attached hydrogens (tertiary/aromatic N) is 1. The molecule has 0 saturated carbocycles. The van der Waals surface area contributed by atoms with E-state index in [-0.39, 0.29) is 29.5 Å². The molecule has 8 heteroatoms. The molecule has 0 radical (unpaired) electrons. The van der Waals surface area contributed by atoms with Gasteiger partial charge in [-0.15, -0.1) is 0 Å². The lowest BCUT2D eigenvalue weighted by Gasteiger charge is -2.20. The lowest BCUT2D eigenvalue weighted by atomic mass is 10.1. The maximum Gasteiger partial charge on any atom is 0.259 e. The summed E-state index contributed by atoms with van der Waals surface area (Å²) in [6.07, 6.45) is 0.251. The Hall–Kier alpha value is -3.42. The van der Waals surface area contributed by atoms with Crippen molar-refractivity contribution in [1.82, 2.24) is 10.2 Å². The second-order valence-electron chi connectivity index (χ2n) is 6.70. The Morgan fingerprint density at radius 2 is 2.00 bits per heavy atom. The standard InChI is InChI=1S/C21H22FN3O4/c1-13-6-7-14(21(28)25-10-8-18(26)23-9-11-25)12-17(13)24-20(27)15-4-3-5-16(22)19(15)29-2/h3-7,12H,8-11H2,1-2H3,(H,23,26)(H,24,27). The van der Waals surface area contributed by atoms with Crippen LogP contribution in [0.3, 0.4) is 0 Å². The summed E-state index contributed by atoms with van der Waals surface area (Å²) in [6.45, 7) is 2.95. The fraction of sp³-hybridized carbons (Fsp3) is 0.286. The van der Waals surface area contributed by atoms with Crippen LogP contribution in [-0.4, -0.2) is 49.4 Å². The molecule has 1 aliphatic rings. The third kappa shape index (κ3) is 4.53. The molecular formula is C21H22FN3O4. The van der Waals surface area contributed by atoms with Crippen LogP contribution in [0, 0.1) is 12.7 Å². The summed E-state index contributed by atoms with van der Waals surface area (Å²) in [4.78, 5) is 38.6. The maximum atomic E-state index is 13.9. The highest BCUT2D eigenvalue weighted by Gasteiger charge is 2.21. The van der Waals surface area contributed by atoms with Gasteiger partial charge in [0.25, 0.3) is 11.8 Å². The molecule has 0 spiro atoms. The molecule has 2 aromatic rings. The number of rotatable bonds is 4. The minimum Gasteiger partial charge on any atom is -0.493 e. The molecule has 1 aliphatic heterocycles. The number of hydrogen-bond donors (Lipinski definition) is 2. The third-order valence-electron chi connectivity index (χ3n) is 4.75. The van der Waals surface area contributed by atoms with Crippen LogP contribution in [0.25, 0.3) is 0 Å². The van der Waals surface area contributed by atoms with Crippen LogP contribution < -0.4 is 15.4 Å². The van der Waals surface area contributed by atoms with E-state index in [0.29, 0.717) is 30.9 Å². The first-order valence-electron chi connectivity index (χ1n) is 9.21. The van der Waals surface area contributed by atoms with Crippen LogP contribution in [0.2, 0.25) is 0 Å². The number of carbonyl (C=O) groups is 3. The van der Waals surface area contributed by atoms with E-state index in [0.717, 1.165) is 5.56 Å². The van der Waals surface area contributed by atoms with E-state index in [1.54, 1.807) is 30.0 Å². The van der Waals surface area contributed by atoms with Crippen LogP contribution in [-0.2, 0) is 4.79 Å². The van der Waals surface area contributed by atoms with E-state index in [1.165, 1.54) is 25.3 Å². The lowest BCUT2D eigenvalue weighted by molar-refractivity contribution is -0.120. The van der Waals surface area contributed by atoms with Gasteiger partial charge in [-0.3, -0.25) is 14.4 Å². The largest absolute Gasteiger partial charge is 0.493 e. The molecule has 1 fully saturated rings. The molecular weight excluding hydrogens is 377 g/mol. The van der Waals surface area contributed by atoms with Crippen molar-refractivity contribution in [3.8, 4) is 5.75 Å². The number of ether oxygens (including phenoxy) is 1. The second kappa shape index (κ2) is 8.72.